The molecule has 0 fully saturated rings. The average Bonchev–Trinajstić information content (AvgIpc) is 3.17. The normalized spacial score (nSPS) is 11.3. The molecule has 0 bridgehead atoms. The van der Waals surface area contributed by atoms with Gasteiger partial charge in [0, 0.05) is 17.8 Å². The van der Waals surface area contributed by atoms with Crippen molar-refractivity contribution in [2.24, 2.45) is 0 Å². The van der Waals surface area contributed by atoms with Gasteiger partial charge in [0.1, 0.15) is 5.75 Å². The van der Waals surface area contributed by atoms with E-state index in [-0.39, 0.29) is 17.3 Å². The summed E-state index contributed by atoms with van der Waals surface area (Å²) >= 11 is 0. The molecule has 0 saturated heterocycles. The van der Waals surface area contributed by atoms with Crippen LogP contribution in [-0.2, 0) is 0 Å². The third-order valence-electron chi connectivity index (χ3n) is 2.78. The number of benzene rings is 1. The van der Waals surface area contributed by atoms with Gasteiger partial charge in [-0.3, -0.25) is 5.10 Å². The molecule has 3 rings (SSSR count). The number of carbonyl (C=O) groups is 1. The monoisotopic (exact) mass is 339 g/mol. The van der Waals surface area contributed by atoms with E-state index in [2.05, 4.69) is 19.9 Å². The fourth-order valence-corrected chi connectivity index (χ4v) is 1.85. The van der Waals surface area contributed by atoms with Crippen LogP contribution in [0.3, 0.4) is 0 Å². The van der Waals surface area contributed by atoms with Crippen LogP contribution >= 0.6 is 0 Å². The molecule has 0 aliphatic carbocycles. The predicted octanol–water partition coefficient (Wildman–Crippen LogP) is 3.18. The maximum absolute atomic E-state index is 12.1. The van der Waals surface area contributed by atoms with Crippen molar-refractivity contribution >= 4 is 5.97 Å². The van der Waals surface area contributed by atoms with E-state index >= 15 is 0 Å². The molecule has 2 aromatic heterocycles. The van der Waals surface area contributed by atoms with Gasteiger partial charge in [-0.1, -0.05) is 0 Å². The van der Waals surface area contributed by atoms with Crippen LogP contribution in [0.4, 0.5) is 13.2 Å². The molecule has 24 heavy (non-hydrogen) atoms. The Kier molecular flexibility index (Phi) is 3.94. The average molecular weight is 339 g/mol. The van der Waals surface area contributed by atoms with Crippen LogP contribution in [-0.4, -0.2) is 27.5 Å². The largest absolute Gasteiger partial charge is 0.573 e. The summed E-state index contributed by atoms with van der Waals surface area (Å²) in [5.74, 6) is -1.12. The number of hydrogen-bond donors (Lipinski definition) is 1. The lowest BCUT2D eigenvalue weighted by molar-refractivity contribution is -0.274. The van der Waals surface area contributed by atoms with Crippen LogP contribution in [0.1, 0.15) is 10.5 Å². The van der Waals surface area contributed by atoms with Crippen molar-refractivity contribution in [3.8, 4) is 23.0 Å². The number of H-pyrrole nitrogens is 1. The SMILES string of the molecule is O=C(Oc1cc[nH]n1)c1ncoc1-c1ccc(OC(F)(F)F)cc1. The van der Waals surface area contributed by atoms with Crippen molar-refractivity contribution in [1.82, 2.24) is 15.2 Å². The number of rotatable bonds is 4. The first-order valence-corrected chi connectivity index (χ1v) is 6.44. The Morgan fingerprint density at radius 2 is 1.92 bits per heavy atom. The summed E-state index contributed by atoms with van der Waals surface area (Å²) in [6, 6.07) is 6.21. The topological polar surface area (TPSA) is 90.2 Å². The van der Waals surface area contributed by atoms with Gasteiger partial charge in [0.2, 0.25) is 5.88 Å². The molecule has 0 unspecified atom stereocenters. The second kappa shape index (κ2) is 6.07. The summed E-state index contributed by atoms with van der Waals surface area (Å²) < 4.78 is 50.3. The smallest absolute Gasteiger partial charge is 0.443 e. The first-order chi connectivity index (χ1) is 11.4. The van der Waals surface area contributed by atoms with Crippen LogP contribution in [0.2, 0.25) is 0 Å². The zero-order chi connectivity index (χ0) is 17.2. The van der Waals surface area contributed by atoms with E-state index in [1.54, 1.807) is 0 Å². The molecule has 10 heteroatoms. The molecule has 1 aromatic carbocycles. The van der Waals surface area contributed by atoms with E-state index in [1.165, 1.54) is 24.4 Å². The number of carbonyl (C=O) groups excluding carboxylic acids is 1. The number of nitrogens with one attached hydrogen (secondary N) is 1. The fraction of sp³-hybridized carbons (Fsp3) is 0.0714. The molecule has 0 radical (unpaired) electrons. The molecule has 2 heterocycles. The summed E-state index contributed by atoms with van der Waals surface area (Å²) in [4.78, 5) is 15.8. The van der Waals surface area contributed by atoms with Crippen molar-refractivity contribution in [3.05, 3.63) is 48.6 Å². The highest BCUT2D eigenvalue weighted by Crippen LogP contribution is 2.28. The molecule has 0 saturated carbocycles. The molecular formula is C14H8F3N3O4. The van der Waals surface area contributed by atoms with E-state index in [1.807, 2.05) is 0 Å². The molecule has 0 aliphatic heterocycles. The summed E-state index contributed by atoms with van der Waals surface area (Å²) in [7, 11) is 0. The lowest BCUT2D eigenvalue weighted by Gasteiger charge is -2.08. The van der Waals surface area contributed by atoms with E-state index in [0.29, 0.717) is 5.56 Å². The maximum atomic E-state index is 12.1. The van der Waals surface area contributed by atoms with Crippen LogP contribution in [0.15, 0.2) is 47.3 Å². The van der Waals surface area contributed by atoms with Crippen molar-refractivity contribution in [2.45, 2.75) is 6.36 Å². The number of ether oxygens (including phenoxy) is 2. The van der Waals surface area contributed by atoms with Crippen molar-refractivity contribution in [2.75, 3.05) is 0 Å². The highest BCUT2D eigenvalue weighted by atomic mass is 19.4. The number of halogens is 3. The van der Waals surface area contributed by atoms with Gasteiger partial charge in [-0.2, -0.15) is 0 Å². The molecule has 7 nitrogen and oxygen atoms in total. The first kappa shape index (κ1) is 15.6. The molecule has 0 atom stereocenters. The number of esters is 1. The summed E-state index contributed by atoms with van der Waals surface area (Å²) in [6.45, 7) is 0. The standard InChI is InChI=1S/C14H8F3N3O4/c15-14(16,17)24-9-3-1-8(2-4-9)12-11(18-7-22-12)13(21)23-10-5-6-19-20-10/h1-7H,(H,19,20). The van der Waals surface area contributed by atoms with Crippen LogP contribution in [0, 0.1) is 0 Å². The second-order valence-corrected chi connectivity index (χ2v) is 4.40. The van der Waals surface area contributed by atoms with Gasteiger partial charge in [-0.05, 0) is 24.3 Å². The Hall–Kier alpha value is -3.30. The highest BCUT2D eigenvalue weighted by molar-refractivity contribution is 5.94. The first-order valence-electron chi connectivity index (χ1n) is 6.44. The zero-order valence-corrected chi connectivity index (χ0v) is 11.7. The molecule has 1 N–H and O–H groups in total. The van der Waals surface area contributed by atoms with Gasteiger partial charge >= 0.3 is 12.3 Å². The molecular weight excluding hydrogens is 331 g/mol. The van der Waals surface area contributed by atoms with Crippen LogP contribution < -0.4 is 9.47 Å². The Morgan fingerprint density at radius 1 is 1.17 bits per heavy atom. The lowest BCUT2D eigenvalue weighted by atomic mass is 10.1. The predicted molar refractivity (Wildman–Crippen MR) is 72.2 cm³/mol. The number of aromatic nitrogens is 3. The minimum atomic E-state index is -4.79. The van der Waals surface area contributed by atoms with Gasteiger partial charge in [0.05, 0.1) is 0 Å². The van der Waals surface area contributed by atoms with Gasteiger partial charge in [-0.25, -0.2) is 9.78 Å². The Morgan fingerprint density at radius 3 is 2.54 bits per heavy atom. The number of aromatic amines is 1. The molecule has 0 amide bonds. The molecule has 3 aromatic rings. The number of oxazole rings is 1. The van der Waals surface area contributed by atoms with Crippen LogP contribution in [0.5, 0.6) is 11.6 Å². The Balaban J connectivity index is 1.81. The van der Waals surface area contributed by atoms with Crippen LogP contribution in [0.25, 0.3) is 11.3 Å². The minimum Gasteiger partial charge on any atom is -0.443 e. The Labute approximate surface area is 132 Å². The molecule has 0 aliphatic rings. The van der Waals surface area contributed by atoms with E-state index in [4.69, 9.17) is 9.15 Å². The maximum Gasteiger partial charge on any atom is 0.573 e. The Bertz CT molecular complexity index is 826. The number of alkyl halides is 3. The third-order valence-corrected chi connectivity index (χ3v) is 2.78. The van der Waals surface area contributed by atoms with Gasteiger partial charge < -0.3 is 13.9 Å². The molecule has 0 spiro atoms. The van der Waals surface area contributed by atoms with Crippen molar-refractivity contribution in [3.63, 3.8) is 0 Å². The summed E-state index contributed by atoms with van der Waals surface area (Å²) in [6.07, 6.45) is -2.30. The second-order valence-electron chi connectivity index (χ2n) is 4.40. The van der Waals surface area contributed by atoms with Gasteiger partial charge in [0.15, 0.2) is 17.8 Å². The van der Waals surface area contributed by atoms with E-state index in [9.17, 15) is 18.0 Å². The van der Waals surface area contributed by atoms with Gasteiger partial charge in [-0.15, -0.1) is 18.3 Å². The summed E-state index contributed by atoms with van der Waals surface area (Å²) in [5, 5.41) is 6.14. The third kappa shape index (κ3) is 3.54. The molecule has 124 valence electrons. The van der Waals surface area contributed by atoms with E-state index in [0.717, 1.165) is 18.5 Å². The van der Waals surface area contributed by atoms with Gasteiger partial charge in [0.25, 0.3) is 0 Å². The number of nitrogens with zero attached hydrogens (tertiary/aromatic N) is 2. The van der Waals surface area contributed by atoms with E-state index < -0.39 is 18.1 Å². The zero-order valence-electron chi connectivity index (χ0n) is 11.7. The van der Waals surface area contributed by atoms with Crippen molar-refractivity contribution in [1.29, 1.82) is 0 Å². The van der Waals surface area contributed by atoms with Crippen molar-refractivity contribution < 1.29 is 31.9 Å². The lowest BCUT2D eigenvalue weighted by Crippen LogP contribution is -2.16. The highest BCUT2D eigenvalue weighted by Gasteiger charge is 2.31. The quantitative estimate of drug-likeness (QED) is 0.734. The minimum absolute atomic E-state index is 0.0443. The fourth-order valence-electron chi connectivity index (χ4n) is 1.85. The summed E-state index contributed by atoms with van der Waals surface area (Å²) in [5.41, 5.74) is 0.193. The number of hydrogen-bond acceptors (Lipinski definition) is 6.